The van der Waals surface area contributed by atoms with E-state index < -0.39 is 11.6 Å². The molecule has 6 aromatic rings. The summed E-state index contributed by atoms with van der Waals surface area (Å²) in [7, 11) is 2.08. The maximum atomic E-state index is 13.0. The molecule has 2 aromatic carbocycles. The summed E-state index contributed by atoms with van der Waals surface area (Å²) in [6.45, 7) is 4.92. The minimum Gasteiger partial charge on any atom is -0.491 e. The van der Waals surface area contributed by atoms with Gasteiger partial charge in [-0.25, -0.2) is 9.97 Å². The van der Waals surface area contributed by atoms with E-state index in [1.807, 2.05) is 48.9 Å². The minimum atomic E-state index is -0.490. The van der Waals surface area contributed by atoms with E-state index in [9.17, 15) is 9.59 Å². The van der Waals surface area contributed by atoms with E-state index in [2.05, 4.69) is 74.6 Å². The van der Waals surface area contributed by atoms with E-state index in [4.69, 9.17) is 18.9 Å². The van der Waals surface area contributed by atoms with Crippen LogP contribution in [0.2, 0.25) is 0 Å². The van der Waals surface area contributed by atoms with Gasteiger partial charge in [0.2, 0.25) is 11.8 Å². The Morgan fingerprint density at radius 2 is 1.71 bits per heavy atom. The van der Waals surface area contributed by atoms with E-state index in [0.29, 0.717) is 66.9 Å². The van der Waals surface area contributed by atoms with Crippen molar-refractivity contribution >= 4 is 33.6 Å². The van der Waals surface area contributed by atoms with Crippen molar-refractivity contribution in [2.45, 2.75) is 68.9 Å². The van der Waals surface area contributed by atoms with Crippen LogP contribution in [0, 0.1) is 11.8 Å². The molecule has 2 amide bonds. The molecule has 4 aromatic heterocycles. The van der Waals surface area contributed by atoms with Gasteiger partial charge >= 0.3 is 0 Å². The second-order valence-corrected chi connectivity index (χ2v) is 15.7. The Bertz CT molecular complexity index is 2690. The van der Waals surface area contributed by atoms with Gasteiger partial charge in [0.25, 0.3) is 5.91 Å². The van der Waals surface area contributed by atoms with Gasteiger partial charge in [-0.2, -0.15) is 0 Å². The van der Waals surface area contributed by atoms with Crippen LogP contribution < -0.4 is 19.5 Å². The zero-order valence-corrected chi connectivity index (χ0v) is 32.6. The third kappa shape index (κ3) is 7.34. The maximum absolute atomic E-state index is 13.0. The number of benzene rings is 2. The van der Waals surface area contributed by atoms with Crippen LogP contribution in [0.5, 0.6) is 17.4 Å². The first-order valence-electron chi connectivity index (χ1n) is 20.1. The summed E-state index contributed by atoms with van der Waals surface area (Å²) in [5.41, 5.74) is 6.76. The molecule has 10 rings (SSSR count). The molecule has 0 spiro atoms. The zero-order chi connectivity index (χ0) is 40.1. The van der Waals surface area contributed by atoms with Crippen LogP contribution >= 0.6 is 0 Å². The molecule has 0 radical (unpaired) electrons. The second kappa shape index (κ2) is 14.9. The lowest BCUT2D eigenvalue weighted by Crippen LogP contribution is -2.49. The number of piperidine rings is 1. The van der Waals surface area contributed by atoms with Gasteiger partial charge in [0.05, 0.1) is 18.3 Å². The number of nitrogens with zero attached hydrogens (tertiary/aromatic N) is 5. The standard InChI is InChI=1S/C47H42N6O6/c1-29-3-11-42(45(54)51-29)53-28-32-21-34(8-10-38(32)46(53)55)56-19-20-57-47(16-17-47)15-13-33-6-7-35(26-49-33)58-36-23-37(24-36)59-44-12-5-31(25-50-44)30-4-9-39-40-27-48-18-14-41(40)52(2)43(39)22-30/h4-10,12,14,18,21-22,25-27,36-37,42H,1,3,11,16-17,19-20,23-24,28H2,2H3,(H,51,54). The Hall–Kier alpha value is -6.71. The number of amides is 2. The smallest absolute Gasteiger partial charge is 0.255 e. The number of carbonyl (C=O) groups is 2. The summed E-state index contributed by atoms with van der Waals surface area (Å²) >= 11 is 0. The molecule has 4 aliphatic rings. The number of carbonyl (C=O) groups excluding carboxylic acids is 2. The Kier molecular flexibility index (Phi) is 9.25. The third-order valence-corrected chi connectivity index (χ3v) is 11.7. The lowest BCUT2D eigenvalue weighted by atomic mass is 9.92. The lowest BCUT2D eigenvalue weighted by Gasteiger charge is -2.34. The van der Waals surface area contributed by atoms with E-state index in [-0.39, 0.29) is 24.0 Å². The van der Waals surface area contributed by atoms with E-state index in [1.54, 1.807) is 23.2 Å². The number of aromatic nitrogens is 4. The van der Waals surface area contributed by atoms with Gasteiger partial charge in [0.1, 0.15) is 47.7 Å². The van der Waals surface area contributed by atoms with Crippen molar-refractivity contribution in [3.05, 3.63) is 121 Å². The van der Waals surface area contributed by atoms with E-state index in [0.717, 1.165) is 58.8 Å². The average Bonchev–Trinajstić information content (AvgIpc) is 3.87. The molecule has 12 nitrogen and oxygen atoms in total. The largest absolute Gasteiger partial charge is 0.491 e. The van der Waals surface area contributed by atoms with Crippen LogP contribution in [0.15, 0.2) is 104 Å². The highest BCUT2D eigenvalue weighted by molar-refractivity contribution is 6.08. The quantitative estimate of drug-likeness (QED) is 0.110. The number of rotatable bonds is 11. The first kappa shape index (κ1) is 36.6. The predicted molar refractivity (Wildman–Crippen MR) is 221 cm³/mol. The summed E-state index contributed by atoms with van der Waals surface area (Å²) in [6, 6.07) is 21.2. The highest BCUT2D eigenvalue weighted by Gasteiger charge is 2.43. The van der Waals surface area contributed by atoms with Crippen LogP contribution in [0.25, 0.3) is 32.9 Å². The SMILES string of the molecule is C=C1CCC(N2Cc3cc(OCCOC4(C#Cc5ccc(OC6CC(Oc7ccc(-c8ccc9c%10cnccc%10n(C)c9c8)cn7)C6)cn5)CC4)ccc3C2=O)C(=O)N1. The van der Waals surface area contributed by atoms with Gasteiger partial charge < -0.3 is 33.7 Å². The van der Waals surface area contributed by atoms with Crippen molar-refractivity contribution in [3.63, 3.8) is 0 Å². The average molecular weight is 787 g/mol. The topological polar surface area (TPSA) is 130 Å². The van der Waals surface area contributed by atoms with Crippen LogP contribution in [-0.2, 0) is 23.1 Å². The predicted octanol–water partition coefficient (Wildman–Crippen LogP) is 6.90. The zero-order valence-electron chi connectivity index (χ0n) is 32.6. The fourth-order valence-electron chi connectivity index (χ4n) is 8.17. The summed E-state index contributed by atoms with van der Waals surface area (Å²) < 4.78 is 26.6. The van der Waals surface area contributed by atoms with Gasteiger partial charge in [-0.15, -0.1) is 0 Å². The molecule has 2 aliphatic heterocycles. The Morgan fingerprint density at radius 1 is 0.864 bits per heavy atom. The second-order valence-electron chi connectivity index (χ2n) is 15.7. The van der Waals surface area contributed by atoms with Crippen molar-refractivity contribution < 1.29 is 28.5 Å². The summed E-state index contributed by atoms with van der Waals surface area (Å²) in [5.74, 6) is 8.08. The number of nitrogens with one attached hydrogen (secondary N) is 1. The Morgan fingerprint density at radius 3 is 2.51 bits per heavy atom. The summed E-state index contributed by atoms with van der Waals surface area (Å²) in [5, 5.41) is 5.11. The number of hydrogen-bond donors (Lipinski definition) is 1. The number of ether oxygens (including phenoxy) is 4. The molecule has 1 unspecified atom stereocenters. The van der Waals surface area contributed by atoms with Crippen LogP contribution in [0.1, 0.15) is 60.1 Å². The number of pyridine rings is 3. The van der Waals surface area contributed by atoms with Crippen molar-refractivity contribution in [2.24, 2.45) is 7.05 Å². The molecule has 1 N–H and O–H groups in total. The number of fused-ring (bicyclic) bond motifs is 4. The number of hydrogen-bond acceptors (Lipinski definition) is 9. The van der Waals surface area contributed by atoms with Crippen LogP contribution in [0.4, 0.5) is 0 Å². The fourth-order valence-corrected chi connectivity index (χ4v) is 8.17. The first-order chi connectivity index (χ1) is 28.8. The Labute approximate surface area is 341 Å². The van der Waals surface area contributed by atoms with Gasteiger partial charge in [-0.1, -0.05) is 24.6 Å². The fraction of sp³-hybridized carbons (Fsp3) is 0.298. The normalized spacial score (nSPS) is 20.4. The monoisotopic (exact) mass is 786 g/mol. The lowest BCUT2D eigenvalue weighted by molar-refractivity contribution is -0.126. The molecule has 59 heavy (non-hydrogen) atoms. The van der Waals surface area contributed by atoms with E-state index >= 15 is 0 Å². The molecule has 296 valence electrons. The molecular weight excluding hydrogens is 745 g/mol. The molecule has 0 bridgehead atoms. The first-order valence-corrected chi connectivity index (χ1v) is 20.1. The van der Waals surface area contributed by atoms with Crippen molar-refractivity contribution in [3.8, 4) is 40.3 Å². The molecule has 3 fully saturated rings. The summed E-state index contributed by atoms with van der Waals surface area (Å²) in [6.07, 6.45) is 11.9. The Balaban J connectivity index is 0.659. The molecule has 6 heterocycles. The molecule has 1 atom stereocenters. The van der Waals surface area contributed by atoms with Crippen molar-refractivity contribution in [1.29, 1.82) is 0 Å². The highest BCUT2D eigenvalue weighted by Crippen LogP contribution is 2.39. The van der Waals surface area contributed by atoms with Crippen molar-refractivity contribution in [1.82, 2.24) is 29.7 Å². The van der Waals surface area contributed by atoms with Gasteiger partial charge in [-0.3, -0.25) is 14.6 Å². The molecular formula is C47H42N6O6. The molecule has 2 saturated carbocycles. The van der Waals surface area contributed by atoms with E-state index in [1.165, 1.54) is 5.39 Å². The van der Waals surface area contributed by atoms with Gasteiger partial charge in [0, 0.05) is 84.2 Å². The molecule has 1 saturated heterocycles. The third-order valence-electron chi connectivity index (χ3n) is 11.7. The number of aryl methyl sites for hydroxylation is 1. The highest BCUT2D eigenvalue weighted by atomic mass is 16.5. The van der Waals surface area contributed by atoms with Gasteiger partial charge in [0.15, 0.2) is 0 Å². The summed E-state index contributed by atoms with van der Waals surface area (Å²) in [4.78, 5) is 40.6. The molecule has 2 aliphatic carbocycles. The number of allylic oxidation sites excluding steroid dienone is 1. The minimum absolute atomic E-state index is 0.0427. The van der Waals surface area contributed by atoms with Gasteiger partial charge in [-0.05, 0) is 91.3 Å². The van der Waals surface area contributed by atoms with Crippen LogP contribution in [0.3, 0.4) is 0 Å². The van der Waals surface area contributed by atoms with Crippen LogP contribution in [-0.4, -0.2) is 73.3 Å². The maximum Gasteiger partial charge on any atom is 0.255 e. The molecule has 12 heteroatoms. The van der Waals surface area contributed by atoms with Crippen molar-refractivity contribution in [2.75, 3.05) is 13.2 Å².